The summed E-state index contributed by atoms with van der Waals surface area (Å²) < 4.78 is 19.1. The number of hydrogen-bond donors (Lipinski definition) is 0. The van der Waals surface area contributed by atoms with Crippen LogP contribution in [0.1, 0.15) is 29.2 Å². The quantitative estimate of drug-likeness (QED) is 0.774. The Hall–Kier alpha value is -2.36. The van der Waals surface area contributed by atoms with Crippen molar-refractivity contribution in [2.45, 2.75) is 33.1 Å². The first kappa shape index (κ1) is 18.4. The van der Waals surface area contributed by atoms with E-state index in [1.54, 1.807) is 12.1 Å². The molecule has 0 fully saturated rings. The topological polar surface area (TPSA) is 29.5 Å². The van der Waals surface area contributed by atoms with Crippen LogP contribution in [-0.4, -0.2) is 26.2 Å². The van der Waals surface area contributed by atoms with Gasteiger partial charge in [0.05, 0.1) is 18.7 Å². The van der Waals surface area contributed by atoms with Crippen LogP contribution in [0.15, 0.2) is 36.4 Å². The molecule has 0 saturated heterocycles. The molecule has 3 rings (SSSR count). The van der Waals surface area contributed by atoms with E-state index < -0.39 is 0 Å². The number of halogens is 1. The molecule has 2 aromatic carbocycles. The molecule has 4 heteroatoms. The molecule has 26 heavy (non-hydrogen) atoms. The SMILES string of the molecule is COC(=O)[C@H](C)Cc1ccc2c(c1)CCN(c1cc(C)ccc1F)CC2. The summed E-state index contributed by atoms with van der Waals surface area (Å²) in [5, 5.41) is 0. The number of hydrogen-bond acceptors (Lipinski definition) is 3. The van der Waals surface area contributed by atoms with Crippen LogP contribution in [0.3, 0.4) is 0 Å². The van der Waals surface area contributed by atoms with Crippen molar-refractivity contribution in [1.82, 2.24) is 0 Å². The van der Waals surface area contributed by atoms with E-state index in [9.17, 15) is 9.18 Å². The van der Waals surface area contributed by atoms with E-state index in [1.807, 2.05) is 19.9 Å². The molecule has 1 atom stereocenters. The van der Waals surface area contributed by atoms with Crippen LogP contribution in [0, 0.1) is 18.7 Å². The molecule has 1 aliphatic rings. The van der Waals surface area contributed by atoms with Gasteiger partial charge in [-0.3, -0.25) is 4.79 Å². The summed E-state index contributed by atoms with van der Waals surface area (Å²) in [5.74, 6) is -0.489. The smallest absolute Gasteiger partial charge is 0.308 e. The number of carbonyl (C=O) groups is 1. The lowest BCUT2D eigenvalue weighted by atomic mass is 9.95. The first-order valence-electron chi connectivity index (χ1n) is 9.17. The van der Waals surface area contributed by atoms with Crippen molar-refractivity contribution in [3.05, 3.63) is 64.5 Å². The zero-order chi connectivity index (χ0) is 18.7. The molecule has 0 saturated carbocycles. The Kier molecular flexibility index (Phi) is 5.60. The average molecular weight is 355 g/mol. The summed E-state index contributed by atoms with van der Waals surface area (Å²) in [6, 6.07) is 11.7. The predicted octanol–water partition coefficient (Wildman–Crippen LogP) is 4.09. The minimum atomic E-state index is -0.180. The maximum atomic E-state index is 14.2. The molecule has 0 spiro atoms. The maximum Gasteiger partial charge on any atom is 0.308 e. The molecule has 0 unspecified atom stereocenters. The second kappa shape index (κ2) is 7.90. The molecule has 0 aliphatic carbocycles. The minimum absolute atomic E-state index is 0.151. The first-order chi connectivity index (χ1) is 12.5. The van der Waals surface area contributed by atoms with Crippen molar-refractivity contribution in [2.75, 3.05) is 25.1 Å². The second-order valence-corrected chi connectivity index (χ2v) is 7.17. The molecule has 2 aromatic rings. The molecular weight excluding hydrogens is 329 g/mol. The number of carbonyl (C=O) groups excluding carboxylic acids is 1. The lowest BCUT2D eigenvalue weighted by Gasteiger charge is -2.23. The number of esters is 1. The van der Waals surface area contributed by atoms with Gasteiger partial charge in [0.15, 0.2) is 0 Å². The molecule has 0 N–H and O–H groups in total. The third-order valence-corrected chi connectivity index (χ3v) is 5.16. The third kappa shape index (κ3) is 4.06. The van der Waals surface area contributed by atoms with Gasteiger partial charge in [-0.1, -0.05) is 31.2 Å². The lowest BCUT2D eigenvalue weighted by molar-refractivity contribution is -0.144. The third-order valence-electron chi connectivity index (χ3n) is 5.16. The number of ether oxygens (including phenoxy) is 1. The zero-order valence-electron chi connectivity index (χ0n) is 15.7. The number of anilines is 1. The Morgan fingerprint density at radius 3 is 2.62 bits per heavy atom. The van der Waals surface area contributed by atoms with Crippen LogP contribution in [0.25, 0.3) is 0 Å². The number of fused-ring (bicyclic) bond motifs is 1. The van der Waals surface area contributed by atoms with Crippen LogP contribution in [0.2, 0.25) is 0 Å². The fourth-order valence-corrected chi connectivity index (χ4v) is 3.65. The molecule has 138 valence electrons. The lowest BCUT2D eigenvalue weighted by Crippen LogP contribution is -2.27. The van der Waals surface area contributed by atoms with E-state index in [2.05, 4.69) is 23.1 Å². The summed E-state index contributed by atoms with van der Waals surface area (Å²) in [7, 11) is 1.43. The zero-order valence-corrected chi connectivity index (χ0v) is 15.7. The molecule has 1 heterocycles. The van der Waals surface area contributed by atoms with Crippen molar-refractivity contribution in [2.24, 2.45) is 5.92 Å². The van der Waals surface area contributed by atoms with Crippen molar-refractivity contribution < 1.29 is 13.9 Å². The van der Waals surface area contributed by atoms with Crippen LogP contribution in [0.5, 0.6) is 0 Å². The second-order valence-electron chi connectivity index (χ2n) is 7.17. The summed E-state index contributed by atoms with van der Waals surface area (Å²) >= 11 is 0. The molecule has 0 amide bonds. The maximum absolute atomic E-state index is 14.2. The Bertz CT molecular complexity index is 803. The minimum Gasteiger partial charge on any atom is -0.469 e. The largest absolute Gasteiger partial charge is 0.469 e. The van der Waals surface area contributed by atoms with E-state index in [0.29, 0.717) is 12.1 Å². The van der Waals surface area contributed by atoms with Crippen molar-refractivity contribution >= 4 is 11.7 Å². The van der Waals surface area contributed by atoms with E-state index >= 15 is 0 Å². The van der Waals surface area contributed by atoms with Gasteiger partial charge in [-0.25, -0.2) is 4.39 Å². The van der Waals surface area contributed by atoms with E-state index in [4.69, 9.17) is 4.74 Å². The predicted molar refractivity (Wildman–Crippen MR) is 102 cm³/mol. The number of nitrogens with zero attached hydrogens (tertiary/aromatic N) is 1. The van der Waals surface area contributed by atoms with Gasteiger partial charge < -0.3 is 9.64 Å². The summed E-state index contributed by atoms with van der Waals surface area (Å²) in [6.07, 6.45) is 2.45. The fraction of sp³-hybridized carbons (Fsp3) is 0.409. The van der Waals surface area contributed by atoms with Crippen LogP contribution < -0.4 is 4.90 Å². The summed E-state index contributed by atoms with van der Waals surface area (Å²) in [6.45, 7) is 5.48. The van der Waals surface area contributed by atoms with Crippen molar-refractivity contribution in [1.29, 1.82) is 0 Å². The van der Waals surface area contributed by atoms with Gasteiger partial charge in [0.1, 0.15) is 5.82 Å². The normalized spacial score (nSPS) is 15.2. The highest BCUT2D eigenvalue weighted by Crippen LogP contribution is 2.26. The number of aryl methyl sites for hydroxylation is 1. The Morgan fingerprint density at radius 2 is 1.88 bits per heavy atom. The van der Waals surface area contributed by atoms with Crippen LogP contribution in [-0.2, 0) is 28.8 Å². The molecule has 0 aromatic heterocycles. The van der Waals surface area contributed by atoms with Crippen molar-refractivity contribution in [3.8, 4) is 0 Å². The van der Waals surface area contributed by atoms with Crippen molar-refractivity contribution in [3.63, 3.8) is 0 Å². The van der Waals surface area contributed by atoms with E-state index in [0.717, 1.165) is 37.1 Å². The standard InChI is InChI=1S/C22H26FNO2/c1-15-4-7-20(23)21(12-15)24-10-8-18-6-5-17(14-19(18)9-11-24)13-16(2)22(25)26-3/h4-7,12,14,16H,8-11,13H2,1-3H3/t16-/m1/s1. The molecule has 1 aliphatic heterocycles. The highest BCUT2D eigenvalue weighted by atomic mass is 19.1. The van der Waals surface area contributed by atoms with E-state index in [-0.39, 0.29) is 17.7 Å². The highest BCUT2D eigenvalue weighted by Gasteiger charge is 2.19. The fourth-order valence-electron chi connectivity index (χ4n) is 3.65. The number of rotatable bonds is 4. The Balaban J connectivity index is 1.75. The molecule has 3 nitrogen and oxygen atoms in total. The van der Waals surface area contributed by atoms with Crippen LogP contribution in [0.4, 0.5) is 10.1 Å². The average Bonchev–Trinajstić information content (AvgIpc) is 2.85. The Labute approximate surface area is 154 Å². The van der Waals surface area contributed by atoms with Crippen LogP contribution >= 0.6 is 0 Å². The van der Waals surface area contributed by atoms with Gasteiger partial charge in [-0.15, -0.1) is 0 Å². The highest BCUT2D eigenvalue weighted by molar-refractivity contribution is 5.72. The monoisotopic (exact) mass is 355 g/mol. The molecule has 0 bridgehead atoms. The van der Waals surface area contributed by atoms with Gasteiger partial charge in [-0.05, 0) is 60.6 Å². The molecular formula is C22H26FNO2. The van der Waals surface area contributed by atoms with E-state index in [1.165, 1.54) is 18.2 Å². The number of benzene rings is 2. The van der Waals surface area contributed by atoms with Gasteiger partial charge in [0.25, 0.3) is 0 Å². The molecule has 0 radical (unpaired) electrons. The van der Waals surface area contributed by atoms with Gasteiger partial charge in [0, 0.05) is 13.1 Å². The first-order valence-corrected chi connectivity index (χ1v) is 9.17. The number of methoxy groups -OCH3 is 1. The summed E-state index contributed by atoms with van der Waals surface area (Å²) in [4.78, 5) is 13.8. The van der Waals surface area contributed by atoms with Gasteiger partial charge in [0.2, 0.25) is 0 Å². The summed E-state index contributed by atoms with van der Waals surface area (Å²) in [5.41, 5.74) is 5.53. The van der Waals surface area contributed by atoms with Gasteiger partial charge >= 0.3 is 5.97 Å². The Morgan fingerprint density at radius 1 is 1.15 bits per heavy atom. The van der Waals surface area contributed by atoms with Gasteiger partial charge in [-0.2, -0.15) is 0 Å².